The molecule has 6 heteroatoms. The van der Waals surface area contributed by atoms with Crippen molar-refractivity contribution in [2.75, 3.05) is 17.8 Å². The monoisotopic (exact) mass is 308 g/mol. The largest absolute Gasteiger partial charge is 0.365 e. The van der Waals surface area contributed by atoms with Crippen molar-refractivity contribution in [1.29, 1.82) is 0 Å². The van der Waals surface area contributed by atoms with Crippen LogP contribution in [-0.4, -0.2) is 17.8 Å². The molecule has 0 saturated heterocycles. The molecule has 0 spiro atoms. The van der Waals surface area contributed by atoms with E-state index in [1.807, 2.05) is 31.3 Å². The van der Waals surface area contributed by atoms with Crippen LogP contribution in [0.3, 0.4) is 0 Å². The second kappa shape index (κ2) is 6.63. The number of nitro groups is 1. The molecule has 0 bridgehead atoms. The van der Waals surface area contributed by atoms with Crippen LogP contribution in [0.25, 0.3) is 0 Å². The first-order valence-electron chi connectivity index (χ1n) is 5.90. The highest BCUT2D eigenvalue weighted by atomic mass is 35.5. The van der Waals surface area contributed by atoms with Gasteiger partial charge in [0.05, 0.1) is 10.8 Å². The van der Waals surface area contributed by atoms with Gasteiger partial charge >= 0.3 is 0 Å². The highest BCUT2D eigenvalue weighted by Crippen LogP contribution is 2.24. The van der Waals surface area contributed by atoms with Gasteiger partial charge in [0, 0.05) is 34.8 Å². The summed E-state index contributed by atoms with van der Waals surface area (Å²) in [4.78, 5) is 13.3. The van der Waals surface area contributed by atoms with E-state index < -0.39 is 4.92 Å². The minimum atomic E-state index is -0.395. The van der Waals surface area contributed by atoms with E-state index in [1.165, 1.54) is 12.1 Å². The maximum absolute atomic E-state index is 10.6. The maximum atomic E-state index is 10.6. The molecular formula is C14H13ClN2O2S. The lowest BCUT2D eigenvalue weighted by atomic mass is 10.3. The van der Waals surface area contributed by atoms with Crippen molar-refractivity contribution in [3.63, 3.8) is 0 Å². The minimum absolute atomic E-state index is 0.111. The Labute approximate surface area is 126 Å². The highest BCUT2D eigenvalue weighted by Gasteiger charge is 2.05. The number of nitrogens with zero attached hydrogens (tertiary/aromatic N) is 2. The van der Waals surface area contributed by atoms with Crippen molar-refractivity contribution >= 4 is 34.7 Å². The van der Waals surface area contributed by atoms with Gasteiger partial charge in [-0.3, -0.25) is 10.1 Å². The Morgan fingerprint density at radius 3 is 2.30 bits per heavy atom. The molecule has 0 aliphatic carbocycles. The van der Waals surface area contributed by atoms with Crippen molar-refractivity contribution < 1.29 is 4.92 Å². The number of thioether (sulfide) groups is 1. The molecule has 2 aromatic carbocycles. The summed E-state index contributed by atoms with van der Waals surface area (Å²) in [6.45, 7) is 0. The molecule has 0 radical (unpaired) electrons. The van der Waals surface area contributed by atoms with Gasteiger partial charge in [0.2, 0.25) is 0 Å². The molecule has 0 aliphatic heterocycles. The zero-order valence-corrected chi connectivity index (χ0v) is 12.4. The van der Waals surface area contributed by atoms with E-state index in [4.69, 9.17) is 11.6 Å². The third-order valence-corrected chi connectivity index (χ3v) is 4.11. The van der Waals surface area contributed by atoms with Crippen LogP contribution in [0.15, 0.2) is 53.4 Å². The Balaban J connectivity index is 1.94. The number of halogens is 1. The van der Waals surface area contributed by atoms with Crippen LogP contribution in [0, 0.1) is 10.1 Å². The summed E-state index contributed by atoms with van der Waals surface area (Å²) < 4.78 is 0. The fraction of sp³-hybridized carbons (Fsp3) is 0.143. The van der Waals surface area contributed by atoms with E-state index in [0.717, 1.165) is 16.5 Å². The van der Waals surface area contributed by atoms with Gasteiger partial charge in [-0.15, -0.1) is 11.8 Å². The lowest BCUT2D eigenvalue weighted by molar-refractivity contribution is -0.384. The number of nitro benzene ring substituents is 1. The minimum Gasteiger partial charge on any atom is -0.365 e. The molecule has 0 atom stereocenters. The van der Waals surface area contributed by atoms with E-state index in [-0.39, 0.29) is 5.69 Å². The van der Waals surface area contributed by atoms with Gasteiger partial charge in [0.25, 0.3) is 5.69 Å². The number of benzene rings is 2. The number of non-ortho nitro benzene ring substituents is 1. The number of hydrogen-bond donors (Lipinski definition) is 0. The molecule has 0 saturated carbocycles. The van der Waals surface area contributed by atoms with Gasteiger partial charge in [-0.1, -0.05) is 11.6 Å². The normalized spacial score (nSPS) is 10.3. The Hall–Kier alpha value is -1.72. The Morgan fingerprint density at radius 2 is 1.75 bits per heavy atom. The van der Waals surface area contributed by atoms with Crippen LogP contribution >= 0.6 is 23.4 Å². The molecule has 0 amide bonds. The molecule has 2 aromatic rings. The molecule has 4 nitrogen and oxygen atoms in total. The van der Waals surface area contributed by atoms with Crippen LogP contribution in [0.4, 0.5) is 11.4 Å². The molecule has 20 heavy (non-hydrogen) atoms. The zero-order chi connectivity index (χ0) is 14.5. The fourth-order valence-corrected chi connectivity index (χ4v) is 2.55. The first-order chi connectivity index (χ1) is 9.56. The van der Waals surface area contributed by atoms with Crippen LogP contribution < -0.4 is 4.90 Å². The van der Waals surface area contributed by atoms with Gasteiger partial charge in [-0.05, 0) is 36.4 Å². The summed E-state index contributed by atoms with van der Waals surface area (Å²) in [6.07, 6.45) is 0. The predicted octanol–water partition coefficient (Wildman–Crippen LogP) is 4.43. The molecule has 0 unspecified atom stereocenters. The standard InChI is InChI=1S/C14H13ClN2O2S/c1-16(12-4-2-11(15)3-5-12)10-20-14-8-6-13(7-9-14)17(18)19/h2-9H,10H2,1H3. The average molecular weight is 309 g/mol. The van der Waals surface area contributed by atoms with Crippen LogP contribution in [0.2, 0.25) is 5.02 Å². The van der Waals surface area contributed by atoms with Gasteiger partial charge in [-0.2, -0.15) is 0 Å². The smallest absolute Gasteiger partial charge is 0.269 e. The first kappa shape index (κ1) is 14.7. The SMILES string of the molecule is CN(CSc1ccc([N+](=O)[O-])cc1)c1ccc(Cl)cc1. The summed E-state index contributed by atoms with van der Waals surface area (Å²) >= 11 is 7.47. The quantitative estimate of drug-likeness (QED) is 0.355. The molecule has 104 valence electrons. The lowest BCUT2D eigenvalue weighted by Crippen LogP contribution is -2.15. The molecule has 0 N–H and O–H groups in total. The van der Waals surface area contributed by atoms with Crippen molar-refractivity contribution in [2.24, 2.45) is 0 Å². The molecule has 0 fully saturated rings. The van der Waals surface area contributed by atoms with Crippen molar-refractivity contribution in [3.05, 3.63) is 63.7 Å². The number of rotatable bonds is 5. The van der Waals surface area contributed by atoms with E-state index in [1.54, 1.807) is 23.9 Å². The van der Waals surface area contributed by atoms with E-state index in [0.29, 0.717) is 5.02 Å². The average Bonchev–Trinajstić information content (AvgIpc) is 2.46. The lowest BCUT2D eigenvalue weighted by Gasteiger charge is -2.18. The summed E-state index contributed by atoms with van der Waals surface area (Å²) in [5.41, 5.74) is 1.18. The molecule has 0 heterocycles. The van der Waals surface area contributed by atoms with Gasteiger partial charge in [0.15, 0.2) is 0 Å². The highest BCUT2D eigenvalue weighted by molar-refractivity contribution is 7.99. The summed E-state index contributed by atoms with van der Waals surface area (Å²) in [7, 11) is 1.99. The molecular weight excluding hydrogens is 296 g/mol. The Bertz CT molecular complexity index is 587. The topological polar surface area (TPSA) is 46.4 Å². The van der Waals surface area contributed by atoms with Crippen molar-refractivity contribution in [3.8, 4) is 0 Å². The van der Waals surface area contributed by atoms with Gasteiger partial charge < -0.3 is 4.90 Å². The third kappa shape index (κ3) is 3.88. The second-order valence-electron chi connectivity index (χ2n) is 4.20. The summed E-state index contributed by atoms with van der Waals surface area (Å²) in [5.74, 6) is 0.749. The molecule has 0 aromatic heterocycles. The van der Waals surface area contributed by atoms with Crippen LogP contribution in [0.1, 0.15) is 0 Å². The molecule has 2 rings (SSSR count). The fourth-order valence-electron chi connectivity index (χ4n) is 1.61. The summed E-state index contributed by atoms with van der Waals surface area (Å²) in [6, 6.07) is 14.2. The van der Waals surface area contributed by atoms with Gasteiger partial charge in [-0.25, -0.2) is 0 Å². The van der Waals surface area contributed by atoms with Crippen molar-refractivity contribution in [1.82, 2.24) is 0 Å². The zero-order valence-electron chi connectivity index (χ0n) is 10.8. The Kier molecular flexibility index (Phi) is 4.87. The van der Waals surface area contributed by atoms with E-state index >= 15 is 0 Å². The van der Waals surface area contributed by atoms with E-state index in [9.17, 15) is 10.1 Å². The first-order valence-corrected chi connectivity index (χ1v) is 7.26. The second-order valence-corrected chi connectivity index (χ2v) is 5.65. The van der Waals surface area contributed by atoms with Crippen LogP contribution in [-0.2, 0) is 0 Å². The number of anilines is 1. The maximum Gasteiger partial charge on any atom is 0.269 e. The van der Waals surface area contributed by atoms with Gasteiger partial charge in [0.1, 0.15) is 0 Å². The van der Waals surface area contributed by atoms with E-state index in [2.05, 4.69) is 4.90 Å². The Morgan fingerprint density at radius 1 is 1.15 bits per heavy atom. The van der Waals surface area contributed by atoms with Crippen molar-refractivity contribution in [2.45, 2.75) is 4.90 Å². The summed E-state index contributed by atoms with van der Waals surface area (Å²) in [5, 5.41) is 11.3. The predicted molar refractivity (Wildman–Crippen MR) is 83.7 cm³/mol. The number of hydrogen-bond acceptors (Lipinski definition) is 4. The third-order valence-electron chi connectivity index (χ3n) is 2.74. The van der Waals surface area contributed by atoms with Crippen LogP contribution in [0.5, 0.6) is 0 Å². The molecule has 0 aliphatic rings.